The van der Waals surface area contributed by atoms with Crippen molar-refractivity contribution in [1.29, 1.82) is 0 Å². The molecule has 4 rings (SSSR count). The van der Waals surface area contributed by atoms with Crippen LogP contribution in [0.4, 0.5) is 11.5 Å². The van der Waals surface area contributed by atoms with E-state index in [4.69, 9.17) is 9.97 Å². The second-order valence-corrected chi connectivity index (χ2v) is 8.20. The number of imidazole rings is 1. The van der Waals surface area contributed by atoms with Gasteiger partial charge in [-0.15, -0.1) is 0 Å². The number of ether oxygens (including phenoxy) is 1. The summed E-state index contributed by atoms with van der Waals surface area (Å²) < 4.78 is 4.64. The van der Waals surface area contributed by atoms with Crippen LogP contribution >= 0.6 is 0 Å². The van der Waals surface area contributed by atoms with Crippen LogP contribution in [0.2, 0.25) is 0 Å². The average Bonchev–Trinajstić information content (AvgIpc) is 3.29. The zero-order valence-corrected chi connectivity index (χ0v) is 19.4. The van der Waals surface area contributed by atoms with E-state index in [0.717, 1.165) is 70.5 Å². The smallest absolute Gasteiger partial charge is 0.330 e. The van der Waals surface area contributed by atoms with Crippen LogP contribution in [0.5, 0.6) is 0 Å². The van der Waals surface area contributed by atoms with Gasteiger partial charge in [-0.25, -0.2) is 14.8 Å². The van der Waals surface area contributed by atoms with Gasteiger partial charge in [0.05, 0.1) is 12.6 Å². The van der Waals surface area contributed by atoms with E-state index < -0.39 is 0 Å². The van der Waals surface area contributed by atoms with Gasteiger partial charge in [0.15, 0.2) is 5.82 Å². The zero-order chi connectivity index (χ0) is 23.2. The van der Waals surface area contributed by atoms with Gasteiger partial charge < -0.3 is 15.0 Å². The van der Waals surface area contributed by atoms with Crippen LogP contribution in [0.15, 0.2) is 54.6 Å². The third-order valence-corrected chi connectivity index (χ3v) is 5.80. The number of rotatable bonds is 9. The number of nitrogens with one attached hydrogen (secondary N) is 2. The summed E-state index contributed by atoms with van der Waals surface area (Å²) in [4.78, 5) is 24.9. The van der Waals surface area contributed by atoms with E-state index in [1.54, 1.807) is 6.08 Å². The first kappa shape index (κ1) is 22.5. The average molecular weight is 443 g/mol. The standard InChI is InChI=1S/C27H30N4O2/c1-4-8-19(9-5-2)26-30-24-21-10-6-7-11-22(21)29-27(25(24)31-26)28-20-15-12-18(13-16-20)14-17-23(32)33-3/h6-7,10-17,19H,4-5,8-9H2,1-3H3,(H,28,29)(H,30,31)/b17-14+. The number of carbonyl (C=O) groups is 1. The molecule has 33 heavy (non-hydrogen) atoms. The summed E-state index contributed by atoms with van der Waals surface area (Å²) in [5.74, 6) is 1.84. The van der Waals surface area contributed by atoms with E-state index in [0.29, 0.717) is 5.92 Å². The summed E-state index contributed by atoms with van der Waals surface area (Å²) in [6, 6.07) is 15.9. The van der Waals surface area contributed by atoms with Crippen LogP contribution < -0.4 is 5.32 Å². The number of para-hydroxylation sites is 1. The highest BCUT2D eigenvalue weighted by molar-refractivity contribution is 6.07. The second kappa shape index (κ2) is 10.3. The summed E-state index contributed by atoms with van der Waals surface area (Å²) in [5.41, 5.74) is 4.60. The first-order valence-electron chi connectivity index (χ1n) is 11.5. The zero-order valence-electron chi connectivity index (χ0n) is 19.4. The highest BCUT2D eigenvalue weighted by Gasteiger charge is 2.18. The van der Waals surface area contributed by atoms with Gasteiger partial charge in [0.2, 0.25) is 0 Å². The number of benzene rings is 2. The minimum Gasteiger partial charge on any atom is -0.466 e. The van der Waals surface area contributed by atoms with Gasteiger partial charge in [-0.2, -0.15) is 0 Å². The summed E-state index contributed by atoms with van der Waals surface area (Å²) in [5, 5.41) is 4.51. The number of pyridine rings is 1. The topological polar surface area (TPSA) is 79.9 Å². The van der Waals surface area contributed by atoms with Crippen LogP contribution in [0.3, 0.4) is 0 Å². The van der Waals surface area contributed by atoms with Gasteiger partial charge in [0, 0.05) is 23.1 Å². The summed E-state index contributed by atoms with van der Waals surface area (Å²) in [6.45, 7) is 4.44. The molecule has 0 atom stereocenters. The van der Waals surface area contributed by atoms with E-state index in [9.17, 15) is 4.79 Å². The number of esters is 1. The highest BCUT2D eigenvalue weighted by atomic mass is 16.5. The van der Waals surface area contributed by atoms with Crippen molar-refractivity contribution in [2.45, 2.75) is 45.4 Å². The van der Waals surface area contributed by atoms with Crippen molar-refractivity contribution < 1.29 is 9.53 Å². The van der Waals surface area contributed by atoms with Gasteiger partial charge in [-0.3, -0.25) is 0 Å². The van der Waals surface area contributed by atoms with Crippen molar-refractivity contribution in [3.05, 3.63) is 66.0 Å². The molecule has 2 aromatic heterocycles. The second-order valence-electron chi connectivity index (χ2n) is 8.20. The Morgan fingerprint density at radius 3 is 2.48 bits per heavy atom. The molecule has 6 nitrogen and oxygen atoms in total. The molecule has 0 spiro atoms. The summed E-state index contributed by atoms with van der Waals surface area (Å²) >= 11 is 0. The summed E-state index contributed by atoms with van der Waals surface area (Å²) in [7, 11) is 1.37. The SMILES string of the molecule is CCCC(CCC)c1nc2c([nH]1)c(Nc1ccc(/C=C/C(=O)OC)cc1)nc1ccccc12. The fourth-order valence-electron chi connectivity index (χ4n) is 4.15. The minimum absolute atomic E-state index is 0.376. The third-order valence-electron chi connectivity index (χ3n) is 5.80. The normalized spacial score (nSPS) is 11.6. The molecule has 0 aliphatic rings. The number of aromatic nitrogens is 3. The molecule has 0 unspecified atom stereocenters. The molecule has 0 radical (unpaired) electrons. The van der Waals surface area contributed by atoms with E-state index in [1.807, 2.05) is 42.5 Å². The first-order valence-corrected chi connectivity index (χ1v) is 11.5. The number of hydrogen-bond donors (Lipinski definition) is 2. The largest absolute Gasteiger partial charge is 0.466 e. The number of methoxy groups -OCH3 is 1. The van der Waals surface area contributed by atoms with Crippen LogP contribution in [0, 0.1) is 0 Å². The number of aromatic amines is 1. The summed E-state index contributed by atoms with van der Waals surface area (Å²) in [6.07, 6.45) is 7.62. The molecule has 0 aliphatic carbocycles. The molecule has 0 saturated carbocycles. The fourth-order valence-corrected chi connectivity index (χ4v) is 4.15. The molecule has 2 aromatic carbocycles. The van der Waals surface area contributed by atoms with Gasteiger partial charge >= 0.3 is 5.97 Å². The molecule has 2 heterocycles. The lowest BCUT2D eigenvalue weighted by atomic mass is 9.98. The molecule has 0 amide bonds. The van der Waals surface area contributed by atoms with Gasteiger partial charge in [-0.1, -0.05) is 57.0 Å². The predicted molar refractivity (Wildman–Crippen MR) is 135 cm³/mol. The number of anilines is 2. The lowest BCUT2D eigenvalue weighted by Gasteiger charge is -2.11. The molecule has 0 aliphatic heterocycles. The maximum absolute atomic E-state index is 11.3. The van der Waals surface area contributed by atoms with Gasteiger partial charge in [0.1, 0.15) is 16.9 Å². The van der Waals surface area contributed by atoms with Gasteiger partial charge in [0.25, 0.3) is 0 Å². The quantitative estimate of drug-likeness (QED) is 0.222. The Morgan fingerprint density at radius 1 is 1.06 bits per heavy atom. The molecule has 6 heteroatoms. The third kappa shape index (κ3) is 5.06. The Hall–Kier alpha value is -3.67. The fraction of sp³-hybridized carbons (Fsp3) is 0.296. The molecular formula is C27H30N4O2. The lowest BCUT2D eigenvalue weighted by Crippen LogP contribution is -2.00. The van der Waals surface area contributed by atoms with Crippen molar-refractivity contribution in [2.75, 3.05) is 12.4 Å². The predicted octanol–water partition coefficient (Wildman–Crippen LogP) is 6.72. The Balaban J connectivity index is 1.72. The minimum atomic E-state index is -0.376. The van der Waals surface area contributed by atoms with Crippen molar-refractivity contribution in [1.82, 2.24) is 15.0 Å². The first-order chi connectivity index (χ1) is 16.1. The van der Waals surface area contributed by atoms with Crippen LogP contribution in [0.25, 0.3) is 28.0 Å². The molecule has 4 aromatic rings. The Morgan fingerprint density at radius 2 is 1.79 bits per heavy atom. The van der Waals surface area contributed by atoms with Crippen LogP contribution in [-0.4, -0.2) is 28.0 Å². The maximum Gasteiger partial charge on any atom is 0.330 e. The Bertz CT molecular complexity index is 1270. The van der Waals surface area contributed by atoms with Crippen LogP contribution in [0.1, 0.15) is 56.8 Å². The van der Waals surface area contributed by atoms with Gasteiger partial charge in [-0.05, 0) is 42.7 Å². The number of nitrogens with zero attached hydrogens (tertiary/aromatic N) is 2. The maximum atomic E-state index is 11.3. The van der Waals surface area contributed by atoms with E-state index in [2.05, 4.69) is 35.0 Å². The lowest BCUT2D eigenvalue weighted by molar-refractivity contribution is -0.134. The molecule has 170 valence electrons. The van der Waals surface area contributed by atoms with Crippen molar-refractivity contribution in [3.63, 3.8) is 0 Å². The Labute approximate surface area is 194 Å². The van der Waals surface area contributed by atoms with E-state index in [1.165, 1.54) is 13.2 Å². The molecule has 0 saturated heterocycles. The number of carbonyl (C=O) groups excluding carboxylic acids is 1. The molecular weight excluding hydrogens is 412 g/mol. The van der Waals surface area contributed by atoms with E-state index in [-0.39, 0.29) is 5.97 Å². The number of H-pyrrole nitrogens is 1. The molecule has 0 fully saturated rings. The number of hydrogen-bond acceptors (Lipinski definition) is 5. The molecule has 2 N–H and O–H groups in total. The number of fused-ring (bicyclic) bond motifs is 3. The monoisotopic (exact) mass is 442 g/mol. The van der Waals surface area contributed by atoms with Crippen LogP contribution in [-0.2, 0) is 9.53 Å². The highest BCUT2D eigenvalue weighted by Crippen LogP contribution is 2.33. The Kier molecular flexibility index (Phi) is 7.03. The van der Waals surface area contributed by atoms with Crippen molar-refractivity contribution in [2.24, 2.45) is 0 Å². The molecule has 0 bridgehead atoms. The van der Waals surface area contributed by atoms with Crippen molar-refractivity contribution in [3.8, 4) is 0 Å². The van der Waals surface area contributed by atoms with E-state index >= 15 is 0 Å². The van der Waals surface area contributed by atoms with Crippen molar-refractivity contribution >= 4 is 45.5 Å².